The van der Waals surface area contributed by atoms with Crippen molar-refractivity contribution in [1.29, 1.82) is 0 Å². The van der Waals surface area contributed by atoms with Crippen LogP contribution < -0.4 is 5.32 Å². The van der Waals surface area contributed by atoms with Gasteiger partial charge in [0.05, 0.1) is 36.4 Å². The van der Waals surface area contributed by atoms with Crippen LogP contribution in [0.1, 0.15) is 73.6 Å². The van der Waals surface area contributed by atoms with E-state index in [4.69, 9.17) is 14.2 Å². The van der Waals surface area contributed by atoms with Gasteiger partial charge in [0.1, 0.15) is 11.7 Å². The highest BCUT2D eigenvalue weighted by atomic mass is 16.6. The molecular weight excluding hydrogens is 568 g/mol. The van der Waals surface area contributed by atoms with Crippen molar-refractivity contribution in [3.63, 3.8) is 0 Å². The van der Waals surface area contributed by atoms with Crippen LogP contribution in [-0.2, 0) is 19.0 Å². The molecule has 3 heterocycles. The lowest BCUT2D eigenvalue weighted by atomic mass is 9.88. The second kappa shape index (κ2) is 15.8. The molecule has 0 saturated carbocycles. The van der Waals surface area contributed by atoms with Gasteiger partial charge in [-0.2, -0.15) is 0 Å². The van der Waals surface area contributed by atoms with E-state index < -0.39 is 47.7 Å². The van der Waals surface area contributed by atoms with Crippen molar-refractivity contribution in [2.45, 2.75) is 121 Å². The molecule has 11 heteroatoms. The molecule has 3 aliphatic rings. The van der Waals surface area contributed by atoms with Gasteiger partial charge in [0.2, 0.25) is 0 Å². The monoisotopic (exact) mass is 622 g/mol. The highest BCUT2D eigenvalue weighted by molar-refractivity contribution is 5.70. The van der Waals surface area contributed by atoms with Crippen LogP contribution in [0.3, 0.4) is 0 Å². The van der Waals surface area contributed by atoms with E-state index in [-0.39, 0.29) is 43.3 Å². The van der Waals surface area contributed by atoms with Crippen LogP contribution in [0.5, 0.6) is 0 Å². The number of aliphatic hydroxyl groups excluding tert-OH is 2. The predicted octanol–water partition coefficient (Wildman–Crippen LogP) is 2.61. The third-order valence-electron chi connectivity index (χ3n) is 8.97. The Morgan fingerprint density at radius 3 is 2.66 bits per heavy atom. The molecule has 5 N–H and O–H groups in total. The molecule has 0 aliphatic carbocycles. The second-order valence-corrected chi connectivity index (χ2v) is 13.3. The lowest BCUT2D eigenvalue weighted by molar-refractivity contribution is -0.151. The Labute approximate surface area is 261 Å². The molecule has 250 valence electrons. The summed E-state index contributed by atoms with van der Waals surface area (Å²) in [5.74, 6) is -0.942. The quantitative estimate of drug-likeness (QED) is 0.112. The molecule has 2 saturated heterocycles. The highest BCUT2D eigenvalue weighted by Gasteiger charge is 2.47. The van der Waals surface area contributed by atoms with Crippen molar-refractivity contribution in [1.82, 2.24) is 10.2 Å². The summed E-state index contributed by atoms with van der Waals surface area (Å²) < 4.78 is 17.3. The van der Waals surface area contributed by atoms with Gasteiger partial charge < -0.3 is 44.9 Å². The van der Waals surface area contributed by atoms with E-state index in [0.717, 1.165) is 0 Å². The molecule has 1 amide bonds. The lowest BCUT2D eigenvalue weighted by Gasteiger charge is -2.35. The van der Waals surface area contributed by atoms with Crippen molar-refractivity contribution in [3.8, 4) is 0 Å². The van der Waals surface area contributed by atoms with Crippen LogP contribution in [0, 0.1) is 11.8 Å². The first kappa shape index (κ1) is 36.2. The lowest BCUT2D eigenvalue weighted by Crippen LogP contribution is -2.50. The number of hydrogen-bond acceptors (Lipinski definition) is 10. The van der Waals surface area contributed by atoms with Crippen molar-refractivity contribution in [3.05, 3.63) is 36.0 Å². The predicted molar refractivity (Wildman–Crippen MR) is 166 cm³/mol. The molecule has 11 nitrogen and oxygen atoms in total. The van der Waals surface area contributed by atoms with E-state index in [9.17, 15) is 30.0 Å². The fourth-order valence-electron chi connectivity index (χ4n) is 5.83. The van der Waals surface area contributed by atoms with E-state index in [1.54, 1.807) is 49.1 Å². The van der Waals surface area contributed by atoms with Gasteiger partial charge in [0.25, 0.3) is 0 Å². The molecule has 0 radical (unpaired) electrons. The Kier molecular flexibility index (Phi) is 13.0. The first-order valence-corrected chi connectivity index (χ1v) is 16.0. The highest BCUT2D eigenvalue weighted by Crippen LogP contribution is 2.37. The maximum Gasteiger partial charge on any atom is 0.410 e. The zero-order chi connectivity index (χ0) is 32.7. The third kappa shape index (κ3) is 10.7. The number of amides is 1. The zero-order valence-corrected chi connectivity index (χ0v) is 27.1. The van der Waals surface area contributed by atoms with Gasteiger partial charge in [-0.3, -0.25) is 4.79 Å². The average Bonchev–Trinajstić information content (AvgIpc) is 3.73. The van der Waals surface area contributed by atoms with Crippen LogP contribution >= 0.6 is 0 Å². The Morgan fingerprint density at radius 2 is 2.00 bits per heavy atom. The maximum absolute atomic E-state index is 12.9. The number of epoxide rings is 1. The summed E-state index contributed by atoms with van der Waals surface area (Å²) in [6.07, 6.45) is 5.68. The zero-order valence-electron chi connectivity index (χ0n) is 27.1. The summed E-state index contributed by atoms with van der Waals surface area (Å²) in [6, 6.07) is 0. The molecule has 44 heavy (non-hydrogen) atoms. The third-order valence-corrected chi connectivity index (χ3v) is 8.97. The molecular formula is C33H54N2O9. The minimum Gasteiger partial charge on any atom is -0.457 e. The van der Waals surface area contributed by atoms with Crippen molar-refractivity contribution < 1.29 is 44.2 Å². The summed E-state index contributed by atoms with van der Waals surface area (Å²) in [4.78, 5) is 27.3. The van der Waals surface area contributed by atoms with E-state index in [1.165, 1.54) is 0 Å². The van der Waals surface area contributed by atoms with Gasteiger partial charge in [-0.15, -0.1) is 0 Å². The first-order chi connectivity index (χ1) is 20.6. The van der Waals surface area contributed by atoms with Gasteiger partial charge in [-0.1, -0.05) is 45.1 Å². The Balaban J connectivity index is 1.74. The number of rotatable bonds is 9. The molecule has 3 rings (SSSR count). The maximum atomic E-state index is 12.9. The number of hydrogen-bond donors (Lipinski definition) is 5. The van der Waals surface area contributed by atoms with Crippen LogP contribution in [0.15, 0.2) is 36.0 Å². The fourth-order valence-corrected chi connectivity index (χ4v) is 5.83. The molecule has 10 atom stereocenters. The number of nitrogens with one attached hydrogen (secondary N) is 1. The smallest absolute Gasteiger partial charge is 0.410 e. The Hall–Kier alpha value is -2.28. The summed E-state index contributed by atoms with van der Waals surface area (Å²) in [7, 11) is 0. The molecule has 0 aromatic heterocycles. The van der Waals surface area contributed by atoms with Crippen LogP contribution in [0.2, 0.25) is 0 Å². The number of carbonyl (C=O) groups is 2. The summed E-state index contributed by atoms with van der Waals surface area (Å²) >= 11 is 0. The number of esters is 1. The molecule has 3 aliphatic heterocycles. The van der Waals surface area contributed by atoms with E-state index >= 15 is 0 Å². The van der Waals surface area contributed by atoms with Gasteiger partial charge >= 0.3 is 12.1 Å². The number of allylic oxidation sites excluding steroid dienone is 2. The standard InChI is InChI=1S/C33H54N2O9/c1-7-25(37)23(4)30-26(42-30)20-32(5,40)13-8-9-21(2)29-22(3)10-11-27(43-31(39)35-17-15-34-16-18-35)33(6,41)14-12-24(36)19-28(38)44-29/h8-11,13,22-27,29-30,34,36-37,40-41H,7,12,14-20H2,1-6H3/b11-10+,13-8+,21-9+/t22-,23+,24+,25-,26+,27-,29+,30+,32?,33+/m0/s1. The molecule has 0 aromatic rings. The molecule has 0 aromatic carbocycles. The number of cyclic esters (lactones) is 1. The SMILES string of the molecule is CC[C@H](O)[C@@H](C)[C@H]1O[C@@H]1CC(C)(O)/C=C/C=C(\C)[C@H]1OC(=O)C[C@H](O)CC[C@@](C)(O)[C@@H](OC(=O)N2CCNCC2)/C=C/[C@@H]1C. The minimum atomic E-state index is -1.48. The number of carbonyl (C=O) groups excluding carboxylic acids is 2. The normalized spacial score (nSPS) is 35.9. The molecule has 0 spiro atoms. The van der Waals surface area contributed by atoms with Gasteiger partial charge in [0, 0.05) is 44.4 Å². The number of nitrogens with zero attached hydrogens (tertiary/aromatic N) is 1. The summed E-state index contributed by atoms with van der Waals surface area (Å²) in [5.41, 5.74) is -1.93. The van der Waals surface area contributed by atoms with Gasteiger partial charge in [-0.05, 0) is 51.7 Å². The topological polar surface area (TPSA) is 161 Å². The van der Waals surface area contributed by atoms with E-state index in [1.807, 2.05) is 27.7 Å². The number of piperazine rings is 1. The Bertz CT molecular complexity index is 1050. The van der Waals surface area contributed by atoms with Crippen molar-refractivity contribution >= 4 is 12.1 Å². The average molecular weight is 623 g/mol. The van der Waals surface area contributed by atoms with Crippen molar-refractivity contribution in [2.75, 3.05) is 26.2 Å². The van der Waals surface area contributed by atoms with Crippen molar-refractivity contribution in [2.24, 2.45) is 11.8 Å². The van der Waals surface area contributed by atoms with Gasteiger partial charge in [-0.25, -0.2) is 4.79 Å². The summed E-state index contributed by atoms with van der Waals surface area (Å²) in [6.45, 7) is 13.1. The van der Waals surface area contributed by atoms with E-state index in [2.05, 4.69) is 5.32 Å². The minimum absolute atomic E-state index is 0.00958. The first-order valence-electron chi connectivity index (χ1n) is 16.0. The molecule has 2 fully saturated rings. The molecule has 1 unspecified atom stereocenters. The van der Waals surface area contributed by atoms with Crippen LogP contribution in [0.25, 0.3) is 0 Å². The largest absolute Gasteiger partial charge is 0.457 e. The van der Waals surface area contributed by atoms with Crippen LogP contribution in [0.4, 0.5) is 4.79 Å². The Morgan fingerprint density at radius 1 is 1.32 bits per heavy atom. The van der Waals surface area contributed by atoms with Gasteiger partial charge in [0.15, 0.2) is 6.10 Å². The second-order valence-electron chi connectivity index (χ2n) is 13.3. The summed E-state index contributed by atoms with van der Waals surface area (Å²) in [5, 5.41) is 46.1. The fraction of sp³-hybridized carbons (Fsp3) is 0.758. The van der Waals surface area contributed by atoms with Crippen LogP contribution in [-0.4, -0.2) is 111 Å². The molecule has 0 bridgehead atoms. The number of ether oxygens (including phenoxy) is 3. The number of aliphatic hydroxyl groups is 4. The van der Waals surface area contributed by atoms with E-state index in [0.29, 0.717) is 44.6 Å².